The number of pyridine rings is 1. The summed E-state index contributed by atoms with van der Waals surface area (Å²) < 4.78 is 5.28. The first-order chi connectivity index (χ1) is 8.72. The molecule has 0 radical (unpaired) electrons. The monoisotopic (exact) mass is 248 g/mol. The lowest BCUT2D eigenvalue weighted by Crippen LogP contribution is -2.40. The maximum atomic E-state index is 5.28. The van der Waals surface area contributed by atoms with Crippen molar-refractivity contribution in [3.8, 4) is 5.88 Å². The van der Waals surface area contributed by atoms with Gasteiger partial charge in [0.15, 0.2) is 0 Å². The second-order valence-corrected chi connectivity index (χ2v) is 5.43. The van der Waals surface area contributed by atoms with E-state index in [-0.39, 0.29) is 0 Å². The lowest BCUT2D eigenvalue weighted by Gasteiger charge is -2.34. The Kier molecular flexibility index (Phi) is 4.59. The van der Waals surface area contributed by atoms with Crippen LogP contribution in [0.3, 0.4) is 0 Å². The maximum Gasteiger partial charge on any atom is 0.217 e. The highest BCUT2D eigenvalue weighted by Gasteiger charge is 2.26. The average molecular weight is 248 g/mol. The van der Waals surface area contributed by atoms with E-state index in [1.165, 1.54) is 19.3 Å². The molecule has 3 atom stereocenters. The number of rotatable bonds is 4. The van der Waals surface area contributed by atoms with Gasteiger partial charge in [-0.15, -0.1) is 0 Å². The molecule has 2 rings (SSSR count). The van der Waals surface area contributed by atoms with Crippen molar-refractivity contribution in [1.29, 1.82) is 0 Å². The molecule has 1 N–H and O–H groups in total. The van der Waals surface area contributed by atoms with Gasteiger partial charge in [0.05, 0.1) is 7.11 Å². The lowest BCUT2D eigenvalue weighted by molar-refractivity contribution is 0.205. The summed E-state index contributed by atoms with van der Waals surface area (Å²) >= 11 is 0. The van der Waals surface area contributed by atoms with Gasteiger partial charge < -0.3 is 10.1 Å². The molecule has 0 amide bonds. The molecule has 0 spiro atoms. The molecule has 18 heavy (non-hydrogen) atoms. The minimum Gasteiger partial charge on any atom is -0.481 e. The molecule has 0 bridgehead atoms. The fourth-order valence-corrected chi connectivity index (χ4v) is 2.85. The first-order valence-corrected chi connectivity index (χ1v) is 6.93. The Morgan fingerprint density at radius 1 is 1.39 bits per heavy atom. The quantitative estimate of drug-likeness (QED) is 0.889. The van der Waals surface area contributed by atoms with Crippen LogP contribution in [-0.2, 0) is 6.54 Å². The predicted octanol–water partition coefficient (Wildman–Crippen LogP) is 3.00. The molecular formula is C15H24N2O. The van der Waals surface area contributed by atoms with E-state index in [0.717, 1.165) is 29.8 Å². The molecule has 1 aliphatic rings. The van der Waals surface area contributed by atoms with Crippen molar-refractivity contribution < 1.29 is 4.74 Å². The molecule has 1 aromatic rings. The number of nitrogens with zero attached hydrogens (tertiary/aromatic N) is 1. The van der Waals surface area contributed by atoms with E-state index in [1.807, 2.05) is 6.07 Å². The third kappa shape index (κ3) is 3.02. The van der Waals surface area contributed by atoms with Crippen molar-refractivity contribution >= 4 is 0 Å². The van der Waals surface area contributed by atoms with E-state index in [1.54, 1.807) is 13.3 Å². The van der Waals surface area contributed by atoms with Crippen LogP contribution < -0.4 is 10.1 Å². The van der Waals surface area contributed by atoms with E-state index >= 15 is 0 Å². The number of methoxy groups -OCH3 is 1. The first kappa shape index (κ1) is 13.3. The summed E-state index contributed by atoms with van der Waals surface area (Å²) in [6.45, 7) is 5.57. The Balaban J connectivity index is 1.94. The molecule has 0 saturated heterocycles. The molecule has 3 heteroatoms. The summed E-state index contributed by atoms with van der Waals surface area (Å²) in [5.74, 6) is 2.31. The normalized spacial score (nSPS) is 28.1. The zero-order valence-electron chi connectivity index (χ0n) is 11.6. The Bertz CT molecular complexity index is 381. The van der Waals surface area contributed by atoms with E-state index in [9.17, 15) is 0 Å². The summed E-state index contributed by atoms with van der Waals surface area (Å²) in [7, 11) is 1.68. The van der Waals surface area contributed by atoms with Gasteiger partial charge in [0, 0.05) is 24.3 Å². The maximum absolute atomic E-state index is 5.28. The fraction of sp³-hybridized carbons (Fsp3) is 0.667. The van der Waals surface area contributed by atoms with Gasteiger partial charge in [0.2, 0.25) is 5.88 Å². The van der Waals surface area contributed by atoms with E-state index in [4.69, 9.17) is 4.74 Å². The zero-order chi connectivity index (χ0) is 13.0. The van der Waals surface area contributed by atoms with Crippen LogP contribution in [0.25, 0.3) is 0 Å². The average Bonchev–Trinajstić information content (AvgIpc) is 2.41. The largest absolute Gasteiger partial charge is 0.481 e. The van der Waals surface area contributed by atoms with Gasteiger partial charge in [-0.25, -0.2) is 4.98 Å². The molecule has 0 aliphatic heterocycles. The number of aromatic nitrogens is 1. The molecule has 100 valence electrons. The molecule has 1 saturated carbocycles. The highest BCUT2D eigenvalue weighted by atomic mass is 16.5. The van der Waals surface area contributed by atoms with Crippen LogP contribution in [0.2, 0.25) is 0 Å². The highest BCUT2D eigenvalue weighted by molar-refractivity contribution is 5.25. The van der Waals surface area contributed by atoms with Crippen molar-refractivity contribution in [2.75, 3.05) is 7.11 Å². The molecular weight excluding hydrogens is 224 g/mol. The molecule has 3 unspecified atom stereocenters. The summed E-state index contributed by atoms with van der Waals surface area (Å²) in [5.41, 5.74) is 1.14. The van der Waals surface area contributed by atoms with Crippen LogP contribution in [0.1, 0.15) is 38.7 Å². The summed E-state index contributed by atoms with van der Waals surface area (Å²) in [4.78, 5) is 4.23. The van der Waals surface area contributed by atoms with Crippen molar-refractivity contribution in [3.05, 3.63) is 23.9 Å². The molecule has 1 aliphatic carbocycles. The molecule has 1 heterocycles. The third-order valence-electron chi connectivity index (χ3n) is 4.30. The Hall–Kier alpha value is -1.09. The molecule has 0 aromatic carbocycles. The smallest absolute Gasteiger partial charge is 0.217 e. The minimum atomic E-state index is 0.624. The highest BCUT2D eigenvalue weighted by Crippen LogP contribution is 2.29. The van der Waals surface area contributed by atoms with Gasteiger partial charge in [-0.1, -0.05) is 32.8 Å². The van der Waals surface area contributed by atoms with E-state index in [2.05, 4.69) is 30.2 Å². The summed E-state index contributed by atoms with van der Waals surface area (Å²) in [5, 5.41) is 3.67. The van der Waals surface area contributed by atoms with Crippen molar-refractivity contribution in [1.82, 2.24) is 10.3 Å². The fourth-order valence-electron chi connectivity index (χ4n) is 2.85. The van der Waals surface area contributed by atoms with Gasteiger partial charge in [-0.05, 0) is 24.3 Å². The van der Waals surface area contributed by atoms with Crippen molar-refractivity contribution in [3.63, 3.8) is 0 Å². The summed E-state index contributed by atoms with van der Waals surface area (Å²) in [6, 6.07) is 4.67. The number of hydrogen-bond acceptors (Lipinski definition) is 3. The molecule has 1 aromatic heterocycles. The van der Waals surface area contributed by atoms with Crippen molar-refractivity contribution in [2.45, 2.75) is 45.7 Å². The Morgan fingerprint density at radius 3 is 3.00 bits per heavy atom. The van der Waals surface area contributed by atoms with Gasteiger partial charge in [0.25, 0.3) is 0 Å². The standard InChI is InChI=1S/C15H24N2O/c1-11-6-4-8-14(12(11)2)17-10-13-7-5-9-16-15(13)18-3/h5,7,9,11-12,14,17H,4,6,8,10H2,1-3H3. The zero-order valence-corrected chi connectivity index (χ0v) is 11.6. The molecule has 3 nitrogen and oxygen atoms in total. The first-order valence-electron chi connectivity index (χ1n) is 6.93. The second-order valence-electron chi connectivity index (χ2n) is 5.43. The third-order valence-corrected chi connectivity index (χ3v) is 4.30. The van der Waals surface area contributed by atoms with Crippen LogP contribution in [0.15, 0.2) is 18.3 Å². The molecule has 1 fully saturated rings. The Morgan fingerprint density at radius 2 is 2.22 bits per heavy atom. The van der Waals surface area contributed by atoms with Gasteiger partial charge in [-0.2, -0.15) is 0 Å². The lowest BCUT2D eigenvalue weighted by atomic mass is 9.78. The number of nitrogens with one attached hydrogen (secondary N) is 1. The SMILES string of the molecule is COc1ncccc1CNC1CCCC(C)C1C. The topological polar surface area (TPSA) is 34.1 Å². The minimum absolute atomic E-state index is 0.624. The van der Waals surface area contributed by atoms with Gasteiger partial charge in [0.1, 0.15) is 0 Å². The van der Waals surface area contributed by atoms with Crippen LogP contribution in [-0.4, -0.2) is 18.1 Å². The Labute approximate surface area is 110 Å². The number of ether oxygens (including phenoxy) is 1. The van der Waals surface area contributed by atoms with Crippen LogP contribution in [0.4, 0.5) is 0 Å². The van der Waals surface area contributed by atoms with Gasteiger partial charge in [-0.3, -0.25) is 0 Å². The van der Waals surface area contributed by atoms with Crippen LogP contribution in [0, 0.1) is 11.8 Å². The van der Waals surface area contributed by atoms with Gasteiger partial charge >= 0.3 is 0 Å². The van der Waals surface area contributed by atoms with E-state index in [0.29, 0.717) is 6.04 Å². The van der Waals surface area contributed by atoms with Crippen LogP contribution >= 0.6 is 0 Å². The number of hydrogen-bond donors (Lipinski definition) is 1. The van der Waals surface area contributed by atoms with Crippen LogP contribution in [0.5, 0.6) is 5.88 Å². The predicted molar refractivity (Wildman–Crippen MR) is 73.6 cm³/mol. The van der Waals surface area contributed by atoms with E-state index < -0.39 is 0 Å². The summed E-state index contributed by atoms with van der Waals surface area (Å²) in [6.07, 6.45) is 5.77. The second kappa shape index (κ2) is 6.19. The van der Waals surface area contributed by atoms with Crippen molar-refractivity contribution in [2.24, 2.45) is 11.8 Å².